The highest BCUT2D eigenvalue weighted by Gasteiger charge is 2.17. The fourth-order valence-corrected chi connectivity index (χ4v) is 3.85. The van der Waals surface area contributed by atoms with E-state index in [-0.39, 0.29) is 0 Å². The van der Waals surface area contributed by atoms with E-state index in [1.807, 2.05) is 37.8 Å². The molecule has 0 spiro atoms. The second-order valence-corrected chi connectivity index (χ2v) is 8.17. The number of benzene rings is 1. The Morgan fingerprint density at radius 3 is 2.56 bits per heavy atom. The number of piperazine rings is 1. The molecule has 32 heavy (non-hydrogen) atoms. The van der Waals surface area contributed by atoms with Gasteiger partial charge in [-0.2, -0.15) is 5.10 Å². The summed E-state index contributed by atoms with van der Waals surface area (Å²) < 4.78 is 1.81. The highest BCUT2D eigenvalue weighted by molar-refractivity contribution is 5.89. The van der Waals surface area contributed by atoms with Crippen LogP contribution < -0.4 is 10.2 Å². The molecule has 0 amide bonds. The number of pyridine rings is 1. The summed E-state index contributed by atoms with van der Waals surface area (Å²) in [6, 6.07) is 10.2. The lowest BCUT2D eigenvalue weighted by Crippen LogP contribution is -2.45. The van der Waals surface area contributed by atoms with Gasteiger partial charge in [0.1, 0.15) is 5.82 Å². The third-order valence-electron chi connectivity index (χ3n) is 5.78. The predicted octanol–water partition coefficient (Wildman–Crippen LogP) is 3.26. The summed E-state index contributed by atoms with van der Waals surface area (Å²) in [5, 5.41) is 9.75. The van der Waals surface area contributed by atoms with Crippen LogP contribution in [-0.4, -0.2) is 62.9 Å². The highest BCUT2D eigenvalue weighted by Crippen LogP contribution is 2.26. The smallest absolute Gasteiger partial charge is 0.225 e. The molecule has 1 aromatic carbocycles. The van der Waals surface area contributed by atoms with E-state index in [4.69, 9.17) is 4.98 Å². The Balaban J connectivity index is 1.36. The zero-order chi connectivity index (χ0) is 22.1. The second kappa shape index (κ2) is 8.39. The van der Waals surface area contributed by atoms with E-state index < -0.39 is 0 Å². The molecule has 1 aliphatic heterocycles. The largest absolute Gasteiger partial charge is 0.339 e. The maximum Gasteiger partial charge on any atom is 0.225 e. The molecular weight excluding hydrogens is 400 g/mol. The van der Waals surface area contributed by atoms with Gasteiger partial charge in [0.05, 0.1) is 17.6 Å². The molecule has 1 fully saturated rings. The van der Waals surface area contributed by atoms with Crippen LogP contribution >= 0.6 is 0 Å². The van der Waals surface area contributed by atoms with Crippen LogP contribution in [-0.2, 0) is 7.05 Å². The van der Waals surface area contributed by atoms with Gasteiger partial charge in [-0.1, -0.05) is 18.7 Å². The lowest BCUT2D eigenvalue weighted by Gasteiger charge is -2.32. The van der Waals surface area contributed by atoms with Crippen LogP contribution in [0.2, 0.25) is 0 Å². The lowest BCUT2D eigenvalue weighted by atomic mass is 10.1. The van der Waals surface area contributed by atoms with Gasteiger partial charge in [-0.15, -0.1) is 0 Å². The summed E-state index contributed by atoms with van der Waals surface area (Å²) >= 11 is 0. The van der Waals surface area contributed by atoms with Crippen LogP contribution in [0.3, 0.4) is 0 Å². The number of aryl methyl sites for hydroxylation is 1. The lowest BCUT2D eigenvalue weighted by molar-refractivity contribution is 0.311. The number of anilines is 2. The van der Waals surface area contributed by atoms with Gasteiger partial charge < -0.3 is 15.1 Å². The van der Waals surface area contributed by atoms with Crippen molar-refractivity contribution in [1.82, 2.24) is 29.6 Å². The van der Waals surface area contributed by atoms with Crippen molar-refractivity contribution in [2.75, 3.05) is 43.4 Å². The molecule has 3 aromatic heterocycles. The molecule has 0 unspecified atom stereocenters. The zero-order valence-corrected chi connectivity index (χ0v) is 18.4. The third-order valence-corrected chi connectivity index (χ3v) is 5.78. The van der Waals surface area contributed by atoms with Gasteiger partial charge in [0.25, 0.3) is 0 Å². The van der Waals surface area contributed by atoms with Crippen molar-refractivity contribution >= 4 is 28.2 Å². The first kappa shape index (κ1) is 20.1. The van der Waals surface area contributed by atoms with Gasteiger partial charge >= 0.3 is 0 Å². The molecule has 5 rings (SSSR count). The van der Waals surface area contributed by atoms with Crippen LogP contribution in [0.5, 0.6) is 0 Å². The molecule has 1 N–H and O–H groups in total. The van der Waals surface area contributed by atoms with Gasteiger partial charge in [0, 0.05) is 62.8 Å². The Morgan fingerprint density at radius 1 is 0.938 bits per heavy atom. The number of rotatable bonds is 5. The Labute approximate surface area is 187 Å². The van der Waals surface area contributed by atoms with E-state index in [1.54, 1.807) is 10.9 Å². The Bertz CT molecular complexity index is 1270. The Hall–Kier alpha value is -3.78. The van der Waals surface area contributed by atoms with Crippen LogP contribution in [0.1, 0.15) is 5.69 Å². The van der Waals surface area contributed by atoms with Crippen molar-refractivity contribution in [3.8, 4) is 11.1 Å². The van der Waals surface area contributed by atoms with Crippen molar-refractivity contribution in [2.24, 2.45) is 7.05 Å². The molecule has 0 bridgehead atoms. The van der Waals surface area contributed by atoms with Crippen molar-refractivity contribution in [3.05, 3.63) is 67.4 Å². The van der Waals surface area contributed by atoms with Crippen LogP contribution in [0.15, 0.2) is 61.7 Å². The summed E-state index contributed by atoms with van der Waals surface area (Å²) in [6.45, 7) is 8.05. The monoisotopic (exact) mass is 426 g/mol. The molecule has 4 heterocycles. The number of nitrogens with zero attached hydrogens (tertiary/aromatic N) is 7. The van der Waals surface area contributed by atoms with Gasteiger partial charge in [0.2, 0.25) is 5.95 Å². The molecule has 0 atom stereocenters. The maximum atomic E-state index is 4.73. The average Bonchev–Trinajstić information content (AvgIpc) is 3.25. The minimum atomic E-state index is 0.693. The van der Waals surface area contributed by atoms with Gasteiger partial charge in [0.15, 0.2) is 0 Å². The molecule has 8 heteroatoms. The topological polar surface area (TPSA) is 75.0 Å². The van der Waals surface area contributed by atoms with Gasteiger partial charge in [-0.05, 0) is 36.2 Å². The molecule has 162 valence electrons. The first-order valence-corrected chi connectivity index (χ1v) is 10.7. The predicted molar refractivity (Wildman–Crippen MR) is 128 cm³/mol. The van der Waals surface area contributed by atoms with Crippen molar-refractivity contribution in [1.29, 1.82) is 0 Å². The molecule has 8 nitrogen and oxygen atoms in total. The fraction of sp³-hybridized carbons (Fsp3) is 0.250. The van der Waals surface area contributed by atoms with Crippen LogP contribution in [0.4, 0.5) is 11.8 Å². The highest BCUT2D eigenvalue weighted by atomic mass is 15.3. The van der Waals surface area contributed by atoms with E-state index in [9.17, 15) is 0 Å². The minimum Gasteiger partial charge on any atom is -0.339 e. The number of nitrogens with one attached hydrogen (secondary N) is 1. The second-order valence-electron chi connectivity index (χ2n) is 8.17. The first-order chi connectivity index (χ1) is 15.5. The number of hydrogen-bond donors (Lipinski definition) is 1. The standard InChI is InChI=1S/C24H26N8/c1-17(22-6-7-25-24(29-22)32-10-8-30(2)9-11-32)28-23-13-20-12-18(4-5-19(20)14-26-23)21-15-27-31(3)16-21/h4-7,12-16H,1,8-11H2,2-3H3,(H,26,28). The van der Waals surface area contributed by atoms with Crippen LogP contribution in [0, 0.1) is 0 Å². The molecular formula is C24H26N8. The van der Waals surface area contributed by atoms with Gasteiger partial charge in [-0.25, -0.2) is 15.0 Å². The summed E-state index contributed by atoms with van der Waals surface area (Å²) in [5.41, 5.74) is 3.66. The van der Waals surface area contributed by atoms with Crippen molar-refractivity contribution in [2.45, 2.75) is 0 Å². The molecule has 0 radical (unpaired) electrons. The third kappa shape index (κ3) is 4.17. The SMILES string of the molecule is C=C(Nc1cc2cc(-c3cnn(C)c3)ccc2cn1)c1ccnc(N2CCN(C)CC2)n1. The molecule has 1 aliphatic rings. The molecule has 1 saturated heterocycles. The normalized spacial score (nSPS) is 14.6. The quantitative estimate of drug-likeness (QED) is 0.525. The number of aromatic nitrogens is 5. The Morgan fingerprint density at radius 2 is 1.78 bits per heavy atom. The zero-order valence-electron chi connectivity index (χ0n) is 18.4. The van der Waals surface area contributed by atoms with E-state index in [2.05, 4.69) is 62.0 Å². The van der Waals surface area contributed by atoms with E-state index in [0.717, 1.165) is 65.5 Å². The number of hydrogen-bond acceptors (Lipinski definition) is 7. The minimum absolute atomic E-state index is 0.693. The summed E-state index contributed by atoms with van der Waals surface area (Å²) in [6.07, 6.45) is 7.54. The molecule has 4 aromatic rings. The Kier molecular flexibility index (Phi) is 5.28. The number of fused-ring (bicyclic) bond motifs is 1. The maximum absolute atomic E-state index is 4.73. The van der Waals surface area contributed by atoms with Crippen molar-refractivity contribution < 1.29 is 0 Å². The fourth-order valence-electron chi connectivity index (χ4n) is 3.85. The summed E-state index contributed by atoms with van der Waals surface area (Å²) in [4.78, 5) is 18.3. The average molecular weight is 427 g/mol. The van der Waals surface area contributed by atoms with E-state index >= 15 is 0 Å². The van der Waals surface area contributed by atoms with E-state index in [1.165, 1.54) is 0 Å². The summed E-state index contributed by atoms with van der Waals surface area (Å²) in [7, 11) is 4.06. The van der Waals surface area contributed by atoms with Crippen molar-refractivity contribution in [3.63, 3.8) is 0 Å². The van der Waals surface area contributed by atoms with E-state index in [0.29, 0.717) is 5.70 Å². The molecule has 0 aliphatic carbocycles. The first-order valence-electron chi connectivity index (χ1n) is 10.7. The molecule has 0 saturated carbocycles. The number of likely N-dealkylation sites (N-methyl/N-ethyl adjacent to an activating group) is 1. The van der Waals surface area contributed by atoms with Crippen LogP contribution in [0.25, 0.3) is 27.6 Å². The summed E-state index contributed by atoms with van der Waals surface area (Å²) in [5.74, 6) is 1.47. The van der Waals surface area contributed by atoms with Gasteiger partial charge in [-0.3, -0.25) is 4.68 Å².